The maximum atomic E-state index is 10.4. The summed E-state index contributed by atoms with van der Waals surface area (Å²) < 4.78 is 5.72. The highest BCUT2D eigenvalue weighted by molar-refractivity contribution is 5.29. The zero-order valence-corrected chi connectivity index (χ0v) is 12.3. The molecule has 0 fully saturated rings. The summed E-state index contributed by atoms with van der Waals surface area (Å²) in [4.78, 5) is 0. The number of aliphatic hydroxyl groups excluding tert-OH is 1. The molecule has 1 aromatic rings. The van der Waals surface area contributed by atoms with Gasteiger partial charge in [-0.05, 0) is 39.7 Å². The van der Waals surface area contributed by atoms with Crippen LogP contribution in [0.2, 0.25) is 0 Å². The van der Waals surface area contributed by atoms with Gasteiger partial charge in [-0.15, -0.1) is 0 Å². The van der Waals surface area contributed by atoms with Crippen LogP contribution < -0.4 is 0 Å². The Morgan fingerprint density at radius 1 is 1.17 bits per heavy atom. The van der Waals surface area contributed by atoms with Crippen LogP contribution in [0.3, 0.4) is 0 Å². The van der Waals surface area contributed by atoms with Crippen LogP contribution in [0, 0.1) is 13.8 Å². The van der Waals surface area contributed by atoms with Crippen LogP contribution in [-0.4, -0.2) is 23.4 Å². The van der Waals surface area contributed by atoms with E-state index < -0.39 is 11.7 Å². The Hall–Kier alpha value is -0.860. The highest BCUT2D eigenvalue weighted by atomic mass is 16.5. The van der Waals surface area contributed by atoms with Gasteiger partial charge in [-0.2, -0.15) is 0 Å². The Morgan fingerprint density at radius 3 is 2.17 bits per heavy atom. The van der Waals surface area contributed by atoms with Crippen molar-refractivity contribution in [2.45, 2.75) is 59.2 Å². The Kier molecular flexibility index (Phi) is 5.36. The van der Waals surface area contributed by atoms with Gasteiger partial charge in [-0.25, -0.2) is 0 Å². The molecule has 18 heavy (non-hydrogen) atoms. The van der Waals surface area contributed by atoms with Gasteiger partial charge in [0.2, 0.25) is 0 Å². The van der Waals surface area contributed by atoms with Crippen LogP contribution >= 0.6 is 0 Å². The lowest BCUT2D eigenvalue weighted by Gasteiger charge is -2.33. The summed E-state index contributed by atoms with van der Waals surface area (Å²) in [5, 5.41) is 10.4. The standard InChI is InChI=1S/C16H26O2/c1-6-16(5,18-7-2)15(17)11-14-9-12(3)8-13(4)10-14/h8-10,15,17H,6-7,11H2,1-5H3. The smallest absolute Gasteiger partial charge is 0.0912 e. The molecule has 0 amide bonds. The van der Waals surface area contributed by atoms with Crippen molar-refractivity contribution in [1.82, 2.24) is 0 Å². The molecule has 1 rings (SSSR count). The molecule has 2 heteroatoms. The molecule has 0 aliphatic rings. The van der Waals surface area contributed by atoms with E-state index in [-0.39, 0.29) is 0 Å². The normalized spacial score (nSPS) is 16.3. The van der Waals surface area contributed by atoms with E-state index in [1.807, 2.05) is 13.8 Å². The number of ether oxygens (including phenoxy) is 1. The van der Waals surface area contributed by atoms with Crippen LogP contribution in [0.25, 0.3) is 0 Å². The van der Waals surface area contributed by atoms with Crippen molar-refractivity contribution in [1.29, 1.82) is 0 Å². The molecule has 1 aromatic carbocycles. The van der Waals surface area contributed by atoms with Crippen molar-refractivity contribution in [2.75, 3.05) is 6.61 Å². The third-order valence-corrected chi connectivity index (χ3v) is 3.59. The molecule has 2 unspecified atom stereocenters. The second kappa shape index (κ2) is 6.35. The minimum Gasteiger partial charge on any atom is -0.390 e. The zero-order chi connectivity index (χ0) is 13.8. The molecule has 2 nitrogen and oxygen atoms in total. The molecule has 0 heterocycles. The van der Waals surface area contributed by atoms with E-state index in [1.165, 1.54) is 16.7 Å². The van der Waals surface area contributed by atoms with Gasteiger partial charge in [0.05, 0.1) is 11.7 Å². The van der Waals surface area contributed by atoms with E-state index in [9.17, 15) is 5.11 Å². The summed E-state index contributed by atoms with van der Waals surface area (Å²) in [5.41, 5.74) is 3.21. The number of rotatable bonds is 6. The number of hydrogen-bond donors (Lipinski definition) is 1. The Bertz CT molecular complexity index is 366. The predicted molar refractivity (Wildman–Crippen MR) is 75.9 cm³/mol. The first kappa shape index (κ1) is 15.2. The average Bonchev–Trinajstić information content (AvgIpc) is 2.27. The first-order valence-corrected chi connectivity index (χ1v) is 6.80. The van der Waals surface area contributed by atoms with E-state index in [2.05, 4.69) is 39.0 Å². The molecule has 2 atom stereocenters. The summed E-state index contributed by atoms with van der Waals surface area (Å²) in [5.74, 6) is 0. The fourth-order valence-corrected chi connectivity index (χ4v) is 2.39. The number of aliphatic hydroxyl groups is 1. The van der Waals surface area contributed by atoms with E-state index in [4.69, 9.17) is 4.74 Å². The van der Waals surface area contributed by atoms with Crippen LogP contribution in [0.1, 0.15) is 43.9 Å². The Balaban J connectivity index is 2.82. The van der Waals surface area contributed by atoms with Crippen molar-refractivity contribution < 1.29 is 9.84 Å². The number of aryl methyl sites for hydroxylation is 2. The van der Waals surface area contributed by atoms with Gasteiger partial charge < -0.3 is 9.84 Å². The number of hydrogen-bond acceptors (Lipinski definition) is 2. The van der Waals surface area contributed by atoms with Crippen molar-refractivity contribution >= 4 is 0 Å². The molecular weight excluding hydrogens is 224 g/mol. The molecule has 102 valence electrons. The van der Waals surface area contributed by atoms with Crippen LogP contribution in [0.4, 0.5) is 0 Å². The van der Waals surface area contributed by atoms with E-state index >= 15 is 0 Å². The number of benzene rings is 1. The van der Waals surface area contributed by atoms with Gasteiger partial charge in [-0.3, -0.25) is 0 Å². The zero-order valence-electron chi connectivity index (χ0n) is 12.3. The van der Waals surface area contributed by atoms with Crippen molar-refractivity contribution in [2.24, 2.45) is 0 Å². The fraction of sp³-hybridized carbons (Fsp3) is 0.625. The highest BCUT2D eigenvalue weighted by Crippen LogP contribution is 2.23. The lowest BCUT2D eigenvalue weighted by atomic mass is 9.90. The minimum absolute atomic E-state index is 0.452. The van der Waals surface area contributed by atoms with Gasteiger partial charge in [0.15, 0.2) is 0 Å². The Labute approximate surface area is 111 Å². The van der Waals surface area contributed by atoms with Crippen LogP contribution in [-0.2, 0) is 11.2 Å². The average molecular weight is 250 g/mol. The Morgan fingerprint density at radius 2 is 1.72 bits per heavy atom. The summed E-state index contributed by atoms with van der Waals surface area (Å²) in [6.07, 6.45) is 0.989. The maximum Gasteiger partial charge on any atom is 0.0912 e. The van der Waals surface area contributed by atoms with Crippen molar-refractivity contribution in [3.8, 4) is 0 Å². The second-order valence-electron chi connectivity index (χ2n) is 5.32. The predicted octanol–water partition coefficient (Wildman–Crippen LogP) is 3.41. The topological polar surface area (TPSA) is 29.5 Å². The van der Waals surface area contributed by atoms with Crippen LogP contribution in [0.15, 0.2) is 18.2 Å². The molecule has 1 N–H and O–H groups in total. The second-order valence-corrected chi connectivity index (χ2v) is 5.32. The van der Waals surface area contributed by atoms with Crippen LogP contribution in [0.5, 0.6) is 0 Å². The molecular formula is C16H26O2. The van der Waals surface area contributed by atoms with Gasteiger partial charge in [0, 0.05) is 13.0 Å². The molecule has 0 saturated heterocycles. The quantitative estimate of drug-likeness (QED) is 0.838. The first-order chi connectivity index (χ1) is 8.41. The monoisotopic (exact) mass is 250 g/mol. The van der Waals surface area contributed by atoms with Gasteiger partial charge in [-0.1, -0.05) is 36.2 Å². The molecule has 0 aliphatic heterocycles. The molecule has 0 aromatic heterocycles. The molecule has 0 saturated carbocycles. The minimum atomic E-state index is -0.469. The third-order valence-electron chi connectivity index (χ3n) is 3.59. The van der Waals surface area contributed by atoms with Gasteiger partial charge in [0.25, 0.3) is 0 Å². The lowest BCUT2D eigenvalue weighted by molar-refractivity contribution is -0.110. The lowest BCUT2D eigenvalue weighted by Crippen LogP contribution is -2.43. The summed E-state index contributed by atoms with van der Waals surface area (Å²) in [6.45, 7) is 10.8. The molecule has 0 spiro atoms. The van der Waals surface area contributed by atoms with Gasteiger partial charge in [0.1, 0.15) is 0 Å². The van der Waals surface area contributed by atoms with E-state index in [1.54, 1.807) is 0 Å². The van der Waals surface area contributed by atoms with Crippen molar-refractivity contribution in [3.05, 3.63) is 34.9 Å². The van der Waals surface area contributed by atoms with Gasteiger partial charge >= 0.3 is 0 Å². The summed E-state index contributed by atoms with van der Waals surface area (Å²) in [7, 11) is 0. The summed E-state index contributed by atoms with van der Waals surface area (Å²) in [6, 6.07) is 6.42. The third kappa shape index (κ3) is 3.82. The molecule has 0 aliphatic carbocycles. The van der Waals surface area contributed by atoms with E-state index in [0.29, 0.717) is 13.0 Å². The molecule has 0 bridgehead atoms. The van der Waals surface area contributed by atoms with E-state index in [0.717, 1.165) is 6.42 Å². The van der Waals surface area contributed by atoms with Crippen molar-refractivity contribution in [3.63, 3.8) is 0 Å². The SMILES string of the molecule is CCOC(C)(CC)C(O)Cc1cc(C)cc(C)c1. The molecule has 0 radical (unpaired) electrons. The largest absolute Gasteiger partial charge is 0.390 e. The maximum absolute atomic E-state index is 10.4. The fourth-order valence-electron chi connectivity index (χ4n) is 2.39. The first-order valence-electron chi connectivity index (χ1n) is 6.80. The highest BCUT2D eigenvalue weighted by Gasteiger charge is 2.31. The summed E-state index contributed by atoms with van der Waals surface area (Å²) >= 11 is 0.